The second kappa shape index (κ2) is 4.39. The summed E-state index contributed by atoms with van der Waals surface area (Å²) in [6.45, 7) is 6.31. The zero-order chi connectivity index (χ0) is 11.7. The molecule has 0 aliphatic heterocycles. The maximum atomic E-state index is 6.05. The Morgan fingerprint density at radius 1 is 1.44 bits per heavy atom. The van der Waals surface area contributed by atoms with Crippen LogP contribution in [-0.2, 0) is 0 Å². The Bertz CT molecular complexity index is 470. The minimum atomic E-state index is -0.0194. The number of hydrogen-bond acceptors (Lipinski definition) is 3. The number of rotatable bonds is 3. The smallest absolute Gasteiger partial charge is 0.123 e. The summed E-state index contributed by atoms with van der Waals surface area (Å²) < 4.78 is 0. The Labute approximate surface area is 99.7 Å². The van der Waals surface area contributed by atoms with E-state index in [2.05, 4.69) is 42.2 Å². The fraction of sp³-hybridized carbons (Fsp3) is 0.417. The molecule has 0 aliphatic rings. The highest BCUT2D eigenvalue weighted by Crippen LogP contribution is 2.28. The first-order chi connectivity index (χ1) is 7.59. The molecular weight excluding hydrogens is 218 g/mol. The second-order valence-electron chi connectivity index (χ2n) is 4.38. The molecule has 86 valence electrons. The minimum Gasteiger partial charge on any atom is -0.340 e. The number of nitrogens with zero attached hydrogens (tertiary/aromatic N) is 1. The van der Waals surface area contributed by atoms with Gasteiger partial charge in [0.15, 0.2) is 0 Å². The molecule has 0 aliphatic carbocycles. The number of aromatic amines is 1. The Balaban J connectivity index is 2.30. The van der Waals surface area contributed by atoms with E-state index in [1.807, 2.05) is 6.20 Å². The molecule has 0 saturated carbocycles. The Hall–Kier alpha value is -1.13. The van der Waals surface area contributed by atoms with Crippen LogP contribution in [0.15, 0.2) is 17.6 Å². The van der Waals surface area contributed by atoms with Gasteiger partial charge in [0.2, 0.25) is 0 Å². The Kier molecular flexibility index (Phi) is 3.12. The first kappa shape index (κ1) is 11.4. The molecule has 2 heterocycles. The molecule has 0 aromatic carbocycles. The van der Waals surface area contributed by atoms with Crippen LogP contribution in [0, 0.1) is 12.8 Å². The van der Waals surface area contributed by atoms with Crippen molar-refractivity contribution < 1.29 is 0 Å². The SMILES string of the molecule is Cc1ccsc1-c1cnc(C(N)C(C)C)[nH]1. The first-order valence-corrected chi connectivity index (χ1v) is 6.32. The van der Waals surface area contributed by atoms with Crippen LogP contribution in [0.25, 0.3) is 10.6 Å². The van der Waals surface area contributed by atoms with E-state index < -0.39 is 0 Å². The number of H-pyrrole nitrogens is 1. The van der Waals surface area contributed by atoms with E-state index in [4.69, 9.17) is 5.73 Å². The van der Waals surface area contributed by atoms with Crippen LogP contribution in [-0.4, -0.2) is 9.97 Å². The molecular formula is C12H17N3S. The molecule has 0 radical (unpaired) electrons. The molecule has 3 N–H and O–H groups in total. The number of nitrogens with one attached hydrogen (secondary N) is 1. The highest BCUT2D eigenvalue weighted by atomic mass is 32.1. The van der Waals surface area contributed by atoms with Crippen molar-refractivity contribution in [2.45, 2.75) is 26.8 Å². The normalized spacial score (nSPS) is 13.3. The molecule has 1 atom stereocenters. The summed E-state index contributed by atoms with van der Waals surface area (Å²) >= 11 is 1.72. The fourth-order valence-corrected chi connectivity index (χ4v) is 2.48. The van der Waals surface area contributed by atoms with E-state index in [1.165, 1.54) is 10.4 Å². The lowest BCUT2D eigenvalue weighted by Crippen LogP contribution is -2.18. The van der Waals surface area contributed by atoms with Gasteiger partial charge in [-0.3, -0.25) is 0 Å². The monoisotopic (exact) mass is 235 g/mol. The average Bonchev–Trinajstić information content (AvgIpc) is 2.84. The van der Waals surface area contributed by atoms with Crippen molar-refractivity contribution in [3.05, 3.63) is 29.0 Å². The van der Waals surface area contributed by atoms with Crippen LogP contribution in [0.5, 0.6) is 0 Å². The van der Waals surface area contributed by atoms with Crippen molar-refractivity contribution in [3.63, 3.8) is 0 Å². The zero-order valence-corrected chi connectivity index (χ0v) is 10.6. The van der Waals surface area contributed by atoms with Gasteiger partial charge in [-0.25, -0.2) is 4.98 Å². The van der Waals surface area contributed by atoms with Gasteiger partial charge < -0.3 is 10.7 Å². The van der Waals surface area contributed by atoms with Crippen LogP contribution in [0.2, 0.25) is 0 Å². The molecule has 0 saturated heterocycles. The van der Waals surface area contributed by atoms with Gasteiger partial charge in [-0.15, -0.1) is 11.3 Å². The highest BCUT2D eigenvalue weighted by molar-refractivity contribution is 7.13. The van der Waals surface area contributed by atoms with E-state index in [9.17, 15) is 0 Å². The summed E-state index contributed by atoms with van der Waals surface area (Å²) in [7, 11) is 0. The van der Waals surface area contributed by atoms with Gasteiger partial charge in [-0.2, -0.15) is 0 Å². The van der Waals surface area contributed by atoms with Gasteiger partial charge in [-0.05, 0) is 29.9 Å². The molecule has 0 bridgehead atoms. The molecule has 16 heavy (non-hydrogen) atoms. The topological polar surface area (TPSA) is 54.7 Å². The van der Waals surface area contributed by atoms with Crippen LogP contribution < -0.4 is 5.73 Å². The van der Waals surface area contributed by atoms with Gasteiger partial charge in [0.25, 0.3) is 0 Å². The molecule has 3 nitrogen and oxygen atoms in total. The number of hydrogen-bond donors (Lipinski definition) is 2. The maximum absolute atomic E-state index is 6.05. The molecule has 2 rings (SSSR count). The van der Waals surface area contributed by atoms with E-state index in [1.54, 1.807) is 11.3 Å². The van der Waals surface area contributed by atoms with E-state index in [-0.39, 0.29) is 6.04 Å². The summed E-state index contributed by atoms with van der Waals surface area (Å²) in [5.74, 6) is 1.27. The summed E-state index contributed by atoms with van der Waals surface area (Å²) in [5.41, 5.74) is 8.40. The molecule has 0 amide bonds. The van der Waals surface area contributed by atoms with Crippen molar-refractivity contribution in [1.29, 1.82) is 0 Å². The predicted molar refractivity (Wildman–Crippen MR) is 68.4 cm³/mol. The fourth-order valence-electron chi connectivity index (χ4n) is 1.59. The van der Waals surface area contributed by atoms with Crippen LogP contribution in [0.4, 0.5) is 0 Å². The third-order valence-electron chi connectivity index (χ3n) is 2.74. The minimum absolute atomic E-state index is 0.0194. The molecule has 2 aromatic heterocycles. The molecule has 0 spiro atoms. The number of thiophene rings is 1. The highest BCUT2D eigenvalue weighted by Gasteiger charge is 2.15. The number of aryl methyl sites for hydroxylation is 1. The zero-order valence-electron chi connectivity index (χ0n) is 9.82. The largest absolute Gasteiger partial charge is 0.340 e. The standard InChI is InChI=1S/C12H17N3S/c1-7(2)10(13)12-14-6-9(15-12)11-8(3)4-5-16-11/h4-7,10H,13H2,1-3H3,(H,14,15). The van der Waals surface area contributed by atoms with Crippen LogP contribution in [0.3, 0.4) is 0 Å². The van der Waals surface area contributed by atoms with Crippen molar-refractivity contribution in [2.24, 2.45) is 11.7 Å². The molecule has 2 aromatic rings. The van der Waals surface area contributed by atoms with E-state index >= 15 is 0 Å². The van der Waals surface area contributed by atoms with Crippen LogP contribution >= 0.6 is 11.3 Å². The van der Waals surface area contributed by atoms with Gasteiger partial charge in [0.1, 0.15) is 5.82 Å². The lowest BCUT2D eigenvalue weighted by atomic mass is 10.1. The van der Waals surface area contributed by atoms with Gasteiger partial charge in [0, 0.05) is 0 Å². The Morgan fingerprint density at radius 3 is 2.75 bits per heavy atom. The Morgan fingerprint density at radius 2 is 2.19 bits per heavy atom. The molecule has 0 fully saturated rings. The van der Waals surface area contributed by atoms with Gasteiger partial charge >= 0.3 is 0 Å². The molecule has 4 heteroatoms. The van der Waals surface area contributed by atoms with Crippen molar-refractivity contribution >= 4 is 11.3 Å². The summed E-state index contributed by atoms with van der Waals surface area (Å²) in [6.07, 6.45) is 1.87. The predicted octanol–water partition coefficient (Wildman–Crippen LogP) is 3.10. The summed E-state index contributed by atoms with van der Waals surface area (Å²) in [5, 5.41) is 2.09. The van der Waals surface area contributed by atoms with Crippen molar-refractivity contribution in [1.82, 2.24) is 9.97 Å². The quantitative estimate of drug-likeness (QED) is 0.859. The average molecular weight is 235 g/mol. The molecule has 1 unspecified atom stereocenters. The lowest BCUT2D eigenvalue weighted by Gasteiger charge is -2.11. The summed E-state index contributed by atoms with van der Waals surface area (Å²) in [4.78, 5) is 8.92. The van der Waals surface area contributed by atoms with E-state index in [0.717, 1.165) is 11.5 Å². The second-order valence-corrected chi connectivity index (χ2v) is 5.30. The van der Waals surface area contributed by atoms with Gasteiger partial charge in [-0.1, -0.05) is 13.8 Å². The van der Waals surface area contributed by atoms with E-state index in [0.29, 0.717) is 5.92 Å². The number of nitrogens with two attached hydrogens (primary N) is 1. The number of imidazole rings is 1. The van der Waals surface area contributed by atoms with Gasteiger partial charge in [0.05, 0.1) is 22.8 Å². The first-order valence-electron chi connectivity index (χ1n) is 5.44. The third kappa shape index (κ3) is 2.03. The third-order valence-corrected chi connectivity index (χ3v) is 3.79. The maximum Gasteiger partial charge on any atom is 0.123 e. The van der Waals surface area contributed by atoms with Crippen molar-refractivity contribution in [3.8, 4) is 10.6 Å². The summed E-state index contributed by atoms with van der Waals surface area (Å²) in [6, 6.07) is 2.09. The lowest BCUT2D eigenvalue weighted by molar-refractivity contribution is 0.494. The number of aromatic nitrogens is 2. The van der Waals surface area contributed by atoms with Crippen molar-refractivity contribution in [2.75, 3.05) is 0 Å². The van der Waals surface area contributed by atoms with Crippen LogP contribution in [0.1, 0.15) is 31.3 Å².